The van der Waals surface area contributed by atoms with E-state index in [2.05, 4.69) is 29.1 Å². The fourth-order valence-corrected chi connectivity index (χ4v) is 4.46. The Morgan fingerprint density at radius 2 is 1.89 bits per heavy atom. The number of hydrogen-bond acceptors (Lipinski definition) is 11. The number of aliphatic imine (C=N–C) groups is 1. The third-order valence-corrected chi connectivity index (χ3v) is 6.19. The molecule has 1 aliphatic rings. The van der Waals surface area contributed by atoms with Gasteiger partial charge in [0.2, 0.25) is 10.0 Å². The van der Waals surface area contributed by atoms with Gasteiger partial charge >= 0.3 is 0 Å². The number of sulfonamides is 1. The first kappa shape index (κ1) is 28.8. The highest BCUT2D eigenvalue weighted by Gasteiger charge is 2.16. The minimum atomic E-state index is -3.52. The van der Waals surface area contributed by atoms with E-state index in [1.807, 2.05) is 12.1 Å². The number of anilines is 2. The number of fused-ring (bicyclic) bond motifs is 1. The standard InChI is InChI=1S/C13H12N2O5S.C9H8ClN5S.ClH/c1-21(18,19)14-12-8-7-10(15(16)17)9-13(12)20-11-5-3-2-4-6-11;10-5-1-2-6-8(15-16-14-6)7(5)13-9-11-3-4-12-9;/h2-9,14H,1H3;1-2H,3-4H2,(H2,11,12,13);1H. The van der Waals surface area contributed by atoms with Crippen LogP contribution in [0.2, 0.25) is 5.02 Å². The van der Waals surface area contributed by atoms with E-state index in [9.17, 15) is 18.5 Å². The number of rotatable bonds is 6. The summed E-state index contributed by atoms with van der Waals surface area (Å²) in [5.74, 6) is 1.23. The quantitative estimate of drug-likeness (QED) is 0.207. The molecule has 38 heavy (non-hydrogen) atoms. The van der Waals surface area contributed by atoms with Crippen LogP contribution in [0.4, 0.5) is 17.1 Å². The summed E-state index contributed by atoms with van der Waals surface area (Å²) in [6, 6.07) is 15.9. The molecule has 1 aromatic heterocycles. The van der Waals surface area contributed by atoms with Crippen molar-refractivity contribution in [2.24, 2.45) is 4.99 Å². The third kappa shape index (κ3) is 7.64. The van der Waals surface area contributed by atoms with Gasteiger partial charge in [-0.1, -0.05) is 29.8 Å². The maximum Gasteiger partial charge on any atom is 0.273 e. The first-order chi connectivity index (χ1) is 17.7. The number of nitro benzene ring substituents is 1. The van der Waals surface area contributed by atoms with Crippen molar-refractivity contribution in [2.75, 3.05) is 29.4 Å². The van der Waals surface area contributed by atoms with Gasteiger partial charge in [0.1, 0.15) is 16.8 Å². The number of non-ortho nitro benzene ring substituents is 1. The third-order valence-electron chi connectivity index (χ3n) is 4.74. The largest absolute Gasteiger partial charge is 0.455 e. The number of nitrogens with zero attached hydrogens (tertiary/aromatic N) is 4. The maximum atomic E-state index is 11.3. The Balaban J connectivity index is 0.000000211. The van der Waals surface area contributed by atoms with E-state index in [1.54, 1.807) is 30.3 Å². The van der Waals surface area contributed by atoms with Gasteiger partial charge in [0, 0.05) is 12.6 Å². The molecule has 0 radical (unpaired) electrons. The van der Waals surface area contributed by atoms with Crippen molar-refractivity contribution in [1.82, 2.24) is 14.1 Å². The number of ether oxygens (including phenoxy) is 1. The lowest BCUT2D eigenvalue weighted by Gasteiger charge is -2.11. The first-order valence-electron chi connectivity index (χ1n) is 10.6. The number of nitro groups is 1. The SMILES string of the molecule is CS(=O)(=O)Nc1ccc([N+](=O)[O-])cc1Oc1ccccc1.Cl.Clc1ccc2nsnc2c1NC1=NCCN1. The lowest BCUT2D eigenvalue weighted by Crippen LogP contribution is -2.26. The maximum absolute atomic E-state index is 11.3. The summed E-state index contributed by atoms with van der Waals surface area (Å²) < 4.78 is 38.8. The molecule has 0 aliphatic carbocycles. The molecular weight excluding hydrogens is 577 g/mol. The van der Waals surface area contributed by atoms with Gasteiger partial charge in [0.25, 0.3) is 5.69 Å². The van der Waals surface area contributed by atoms with Crippen molar-refractivity contribution in [2.45, 2.75) is 0 Å². The average molecular weight is 598 g/mol. The van der Waals surface area contributed by atoms with Crippen LogP contribution in [0.25, 0.3) is 11.0 Å². The van der Waals surface area contributed by atoms with Crippen LogP contribution in [0.1, 0.15) is 0 Å². The molecule has 0 bridgehead atoms. The minimum Gasteiger partial charge on any atom is -0.455 e. The fraction of sp³-hybridized carbons (Fsp3) is 0.136. The Morgan fingerprint density at radius 3 is 2.55 bits per heavy atom. The van der Waals surface area contributed by atoms with Crippen molar-refractivity contribution < 1.29 is 18.1 Å². The molecule has 1 aliphatic heterocycles. The van der Waals surface area contributed by atoms with Crippen molar-refractivity contribution in [1.29, 1.82) is 0 Å². The number of guanidine groups is 1. The van der Waals surface area contributed by atoms with Gasteiger partial charge in [-0.3, -0.25) is 19.8 Å². The van der Waals surface area contributed by atoms with Crippen LogP contribution < -0.4 is 20.1 Å². The number of para-hydroxylation sites is 1. The molecule has 200 valence electrons. The monoisotopic (exact) mass is 597 g/mol. The van der Waals surface area contributed by atoms with Gasteiger partial charge in [-0.25, -0.2) is 8.42 Å². The fourth-order valence-electron chi connectivity index (χ4n) is 3.15. The number of nitrogens with one attached hydrogen (secondary N) is 3. The van der Waals surface area contributed by atoms with E-state index >= 15 is 0 Å². The Kier molecular flexibility index (Phi) is 9.63. The number of aromatic nitrogens is 2. The van der Waals surface area contributed by atoms with Crippen molar-refractivity contribution in [3.8, 4) is 11.5 Å². The Labute approximate surface area is 233 Å². The van der Waals surface area contributed by atoms with E-state index < -0.39 is 14.9 Å². The summed E-state index contributed by atoms with van der Waals surface area (Å²) in [6.07, 6.45) is 0.987. The second-order valence-corrected chi connectivity index (χ2v) is 10.2. The Bertz CT molecular complexity index is 1570. The molecule has 0 atom stereocenters. The highest BCUT2D eigenvalue weighted by molar-refractivity contribution is 7.92. The highest BCUT2D eigenvalue weighted by Crippen LogP contribution is 2.33. The Morgan fingerprint density at radius 1 is 1.13 bits per heavy atom. The van der Waals surface area contributed by atoms with Gasteiger partial charge in [-0.15, -0.1) is 12.4 Å². The molecule has 0 saturated heterocycles. The van der Waals surface area contributed by atoms with Crippen LogP contribution in [0.3, 0.4) is 0 Å². The van der Waals surface area contributed by atoms with Crippen LogP contribution in [-0.4, -0.2) is 47.4 Å². The van der Waals surface area contributed by atoms with Gasteiger partial charge in [0.15, 0.2) is 11.7 Å². The van der Waals surface area contributed by atoms with Crippen molar-refractivity contribution in [3.63, 3.8) is 0 Å². The predicted octanol–water partition coefficient (Wildman–Crippen LogP) is 4.90. The summed E-state index contributed by atoms with van der Waals surface area (Å²) in [4.78, 5) is 14.5. The zero-order valence-corrected chi connectivity index (χ0v) is 22.8. The van der Waals surface area contributed by atoms with Crippen LogP contribution >= 0.6 is 35.7 Å². The van der Waals surface area contributed by atoms with Crippen LogP contribution in [-0.2, 0) is 10.0 Å². The second kappa shape index (κ2) is 12.7. The molecule has 0 saturated carbocycles. The first-order valence-corrected chi connectivity index (χ1v) is 13.6. The van der Waals surface area contributed by atoms with Gasteiger partial charge in [-0.2, -0.15) is 8.75 Å². The summed E-state index contributed by atoms with van der Waals surface area (Å²) in [7, 11) is -3.52. The number of halogens is 2. The van der Waals surface area contributed by atoms with Gasteiger partial charge in [-0.05, 0) is 30.3 Å². The molecule has 0 fully saturated rings. The van der Waals surface area contributed by atoms with Crippen LogP contribution in [0.5, 0.6) is 11.5 Å². The van der Waals surface area contributed by atoms with E-state index in [-0.39, 0.29) is 29.5 Å². The van der Waals surface area contributed by atoms with Crippen molar-refractivity contribution >= 4 is 79.8 Å². The van der Waals surface area contributed by atoms with E-state index in [1.165, 1.54) is 29.9 Å². The van der Waals surface area contributed by atoms with Crippen LogP contribution in [0.15, 0.2) is 65.7 Å². The molecule has 3 aromatic carbocycles. The molecule has 4 aromatic rings. The van der Waals surface area contributed by atoms with E-state index in [0.717, 1.165) is 42.0 Å². The van der Waals surface area contributed by atoms with E-state index in [4.69, 9.17) is 16.3 Å². The Hall–Kier alpha value is -3.72. The molecular formula is C22H21Cl2N7O5S2. The van der Waals surface area contributed by atoms with Crippen LogP contribution in [0, 0.1) is 10.1 Å². The lowest BCUT2D eigenvalue weighted by atomic mass is 10.2. The predicted molar refractivity (Wildman–Crippen MR) is 152 cm³/mol. The minimum absolute atomic E-state index is 0. The molecule has 12 nitrogen and oxygen atoms in total. The zero-order chi connectivity index (χ0) is 26.4. The second-order valence-electron chi connectivity index (χ2n) is 7.56. The molecule has 5 rings (SSSR count). The molecule has 3 N–H and O–H groups in total. The number of hydrogen-bond donors (Lipinski definition) is 3. The summed E-state index contributed by atoms with van der Waals surface area (Å²) >= 11 is 7.30. The highest BCUT2D eigenvalue weighted by atomic mass is 35.5. The molecule has 2 heterocycles. The number of benzene rings is 3. The molecule has 0 unspecified atom stereocenters. The van der Waals surface area contributed by atoms with Gasteiger partial charge in [0.05, 0.1) is 51.9 Å². The summed E-state index contributed by atoms with van der Waals surface area (Å²) in [6.45, 7) is 1.64. The summed E-state index contributed by atoms with van der Waals surface area (Å²) in [5, 5.41) is 17.7. The lowest BCUT2D eigenvalue weighted by molar-refractivity contribution is -0.384. The topological polar surface area (TPSA) is 161 Å². The van der Waals surface area contributed by atoms with Gasteiger partial charge < -0.3 is 15.4 Å². The molecule has 0 amide bonds. The summed E-state index contributed by atoms with van der Waals surface area (Å²) in [5.41, 5.74) is 2.33. The smallest absolute Gasteiger partial charge is 0.273 e. The molecule has 16 heteroatoms. The zero-order valence-electron chi connectivity index (χ0n) is 19.6. The van der Waals surface area contributed by atoms with Crippen molar-refractivity contribution in [3.05, 3.63) is 75.8 Å². The average Bonchev–Trinajstić information content (AvgIpc) is 3.54. The normalized spacial score (nSPS) is 12.3. The van der Waals surface area contributed by atoms with E-state index in [0.29, 0.717) is 10.8 Å². The molecule has 0 spiro atoms.